The van der Waals surface area contributed by atoms with Crippen molar-refractivity contribution in [1.82, 2.24) is 5.01 Å². The van der Waals surface area contributed by atoms with Crippen molar-refractivity contribution in [3.63, 3.8) is 0 Å². The minimum atomic E-state index is -1.44. The van der Waals surface area contributed by atoms with Crippen LogP contribution < -0.4 is 14.8 Å². The highest BCUT2D eigenvalue weighted by molar-refractivity contribution is 6.16. The highest BCUT2D eigenvalue weighted by Gasteiger charge is 2.57. The predicted octanol–water partition coefficient (Wildman–Crippen LogP) is 2.13. The van der Waals surface area contributed by atoms with Gasteiger partial charge in [-0.05, 0) is 24.3 Å². The largest absolute Gasteiger partial charge is 0.497 e. The number of carboxylic acid groups (broad SMARTS) is 1. The molecule has 1 atom stereocenters. The van der Waals surface area contributed by atoms with Crippen LogP contribution in [-0.4, -0.2) is 47.8 Å². The molecule has 9 nitrogen and oxygen atoms in total. The molecule has 2 aromatic rings. The topological polar surface area (TPSA) is 118 Å². The van der Waals surface area contributed by atoms with Gasteiger partial charge in [-0.25, -0.2) is 9.80 Å². The maximum atomic E-state index is 13.2. The molecular weight excluding hydrogens is 402 g/mol. The lowest BCUT2D eigenvalue weighted by atomic mass is 9.84. The second-order valence-corrected chi connectivity index (χ2v) is 6.97. The van der Waals surface area contributed by atoms with E-state index in [0.717, 1.165) is 11.1 Å². The number of ether oxygens (including phenoxy) is 2. The molecule has 0 aliphatic carbocycles. The van der Waals surface area contributed by atoms with Crippen LogP contribution >= 0.6 is 0 Å². The van der Waals surface area contributed by atoms with Gasteiger partial charge in [0, 0.05) is 35.4 Å². The zero-order valence-corrected chi connectivity index (χ0v) is 16.8. The van der Waals surface area contributed by atoms with Crippen molar-refractivity contribution in [2.24, 2.45) is 5.10 Å². The number of para-hydroxylation sites is 1. The fraction of sp³-hybridized carbons (Fsp3) is 0.182. The van der Waals surface area contributed by atoms with E-state index in [1.807, 2.05) is 0 Å². The molecule has 4 rings (SSSR count). The molecule has 2 aliphatic rings. The Bertz CT molecular complexity index is 1160. The van der Waals surface area contributed by atoms with Crippen molar-refractivity contribution in [2.45, 2.75) is 12.0 Å². The standard InChI is InChI=1S/C22H19N3O6/c1-30-13-7-8-18(31-2)14(11-13)17-12-22(25(24-17)19(26)9-10-20(27)28)15-5-3-4-6-16(15)23-21(22)29/h3-11H,12H2,1-2H3,(H,23,29)(H,27,28)/b10-9+. The van der Waals surface area contributed by atoms with E-state index in [2.05, 4.69) is 10.4 Å². The van der Waals surface area contributed by atoms with Gasteiger partial charge < -0.3 is 19.9 Å². The molecule has 31 heavy (non-hydrogen) atoms. The molecule has 1 spiro atoms. The minimum absolute atomic E-state index is 0.0754. The Labute approximate surface area is 177 Å². The Hall–Kier alpha value is -4.14. The number of anilines is 1. The lowest BCUT2D eigenvalue weighted by molar-refractivity contribution is -0.140. The van der Waals surface area contributed by atoms with Gasteiger partial charge in [0.25, 0.3) is 11.8 Å². The van der Waals surface area contributed by atoms with Crippen molar-refractivity contribution >= 4 is 29.2 Å². The van der Waals surface area contributed by atoms with Crippen molar-refractivity contribution in [3.05, 3.63) is 65.7 Å². The third kappa shape index (κ3) is 3.20. The van der Waals surface area contributed by atoms with E-state index in [-0.39, 0.29) is 6.42 Å². The van der Waals surface area contributed by atoms with Crippen LogP contribution in [0, 0.1) is 0 Å². The Morgan fingerprint density at radius 2 is 1.94 bits per heavy atom. The Kier molecular flexibility index (Phi) is 4.94. The summed E-state index contributed by atoms with van der Waals surface area (Å²) in [5.41, 5.74) is 0.704. The van der Waals surface area contributed by atoms with E-state index >= 15 is 0 Å². The van der Waals surface area contributed by atoms with Crippen LogP contribution in [0.1, 0.15) is 17.5 Å². The number of carboxylic acids is 1. The highest BCUT2D eigenvalue weighted by atomic mass is 16.5. The average Bonchev–Trinajstić information content (AvgIpc) is 3.31. The summed E-state index contributed by atoms with van der Waals surface area (Å²) in [6.45, 7) is 0. The molecule has 158 valence electrons. The number of hydrazone groups is 1. The van der Waals surface area contributed by atoms with Crippen molar-refractivity contribution in [1.29, 1.82) is 0 Å². The number of rotatable bonds is 5. The van der Waals surface area contributed by atoms with E-state index < -0.39 is 23.3 Å². The van der Waals surface area contributed by atoms with Gasteiger partial charge in [-0.3, -0.25) is 9.59 Å². The van der Waals surface area contributed by atoms with E-state index in [4.69, 9.17) is 14.6 Å². The first-order chi connectivity index (χ1) is 14.9. The van der Waals surface area contributed by atoms with Gasteiger partial charge in [0.1, 0.15) is 11.5 Å². The van der Waals surface area contributed by atoms with Crippen LogP contribution in [0.2, 0.25) is 0 Å². The molecule has 9 heteroatoms. The molecule has 2 N–H and O–H groups in total. The number of carbonyl (C=O) groups excluding carboxylic acids is 2. The number of methoxy groups -OCH3 is 2. The first kappa shape index (κ1) is 20.1. The summed E-state index contributed by atoms with van der Waals surface area (Å²) in [7, 11) is 3.03. The average molecular weight is 421 g/mol. The number of aliphatic carboxylic acids is 1. The Morgan fingerprint density at radius 1 is 1.16 bits per heavy atom. The molecule has 2 heterocycles. The molecule has 0 aromatic heterocycles. The molecule has 0 fully saturated rings. The lowest BCUT2D eigenvalue weighted by Gasteiger charge is -2.29. The number of hydrogen-bond donors (Lipinski definition) is 2. The van der Waals surface area contributed by atoms with E-state index in [0.29, 0.717) is 40.1 Å². The fourth-order valence-corrected chi connectivity index (χ4v) is 3.88. The molecule has 2 aliphatic heterocycles. The zero-order valence-electron chi connectivity index (χ0n) is 16.8. The third-order valence-corrected chi connectivity index (χ3v) is 5.30. The van der Waals surface area contributed by atoms with Gasteiger partial charge >= 0.3 is 5.97 Å². The van der Waals surface area contributed by atoms with Gasteiger partial charge in [-0.15, -0.1) is 0 Å². The van der Waals surface area contributed by atoms with E-state index in [1.54, 1.807) is 42.5 Å². The van der Waals surface area contributed by atoms with Crippen LogP contribution in [0.25, 0.3) is 0 Å². The number of fused-ring (bicyclic) bond motifs is 2. The SMILES string of the molecule is COc1ccc(OC)c(C2=NN(C(=O)/C=C/C(=O)O)C3(C2)C(=O)Nc2ccccc23)c1. The monoisotopic (exact) mass is 421 g/mol. The summed E-state index contributed by atoms with van der Waals surface area (Å²) < 4.78 is 10.7. The Morgan fingerprint density at radius 3 is 2.65 bits per heavy atom. The first-order valence-corrected chi connectivity index (χ1v) is 9.36. The molecule has 0 saturated carbocycles. The van der Waals surface area contributed by atoms with Gasteiger partial charge in [0.2, 0.25) is 0 Å². The lowest BCUT2D eigenvalue weighted by Crippen LogP contribution is -2.48. The van der Waals surface area contributed by atoms with Crippen LogP contribution in [-0.2, 0) is 19.9 Å². The third-order valence-electron chi connectivity index (χ3n) is 5.30. The first-order valence-electron chi connectivity index (χ1n) is 9.36. The van der Waals surface area contributed by atoms with Crippen LogP contribution in [0.5, 0.6) is 11.5 Å². The smallest absolute Gasteiger partial charge is 0.328 e. The van der Waals surface area contributed by atoms with E-state index in [9.17, 15) is 14.4 Å². The van der Waals surface area contributed by atoms with Gasteiger partial charge in [-0.1, -0.05) is 18.2 Å². The number of benzene rings is 2. The van der Waals surface area contributed by atoms with Crippen molar-refractivity contribution in [2.75, 3.05) is 19.5 Å². The predicted molar refractivity (Wildman–Crippen MR) is 111 cm³/mol. The summed E-state index contributed by atoms with van der Waals surface area (Å²) in [6, 6.07) is 12.2. The van der Waals surface area contributed by atoms with Gasteiger partial charge in [-0.2, -0.15) is 5.10 Å². The highest BCUT2D eigenvalue weighted by Crippen LogP contribution is 2.48. The van der Waals surface area contributed by atoms with Crippen molar-refractivity contribution < 1.29 is 29.0 Å². The fourth-order valence-electron chi connectivity index (χ4n) is 3.88. The maximum absolute atomic E-state index is 13.2. The van der Waals surface area contributed by atoms with Gasteiger partial charge in [0.15, 0.2) is 5.54 Å². The molecular formula is C22H19N3O6. The number of hydrogen-bond acceptors (Lipinski definition) is 6. The molecule has 1 unspecified atom stereocenters. The molecule has 0 bridgehead atoms. The normalized spacial score (nSPS) is 19.4. The molecule has 0 radical (unpaired) electrons. The Balaban J connectivity index is 1.88. The number of amides is 2. The van der Waals surface area contributed by atoms with Crippen LogP contribution in [0.3, 0.4) is 0 Å². The molecule has 0 saturated heterocycles. The maximum Gasteiger partial charge on any atom is 0.328 e. The van der Waals surface area contributed by atoms with E-state index in [1.165, 1.54) is 14.2 Å². The van der Waals surface area contributed by atoms with Crippen LogP contribution in [0.15, 0.2) is 59.7 Å². The molecule has 2 aromatic carbocycles. The van der Waals surface area contributed by atoms with Crippen molar-refractivity contribution in [3.8, 4) is 11.5 Å². The number of carbonyl (C=O) groups is 3. The summed E-state index contributed by atoms with van der Waals surface area (Å²) in [5.74, 6) is -1.38. The van der Waals surface area contributed by atoms with Crippen LogP contribution in [0.4, 0.5) is 5.69 Å². The second kappa shape index (κ2) is 7.60. The quantitative estimate of drug-likeness (QED) is 0.715. The molecule has 2 amide bonds. The zero-order chi connectivity index (χ0) is 22.2. The minimum Gasteiger partial charge on any atom is -0.497 e. The van der Waals surface area contributed by atoms with Gasteiger partial charge in [0.05, 0.1) is 19.9 Å². The summed E-state index contributed by atoms with van der Waals surface area (Å²) in [4.78, 5) is 37.1. The summed E-state index contributed by atoms with van der Waals surface area (Å²) in [5, 5.41) is 17.2. The summed E-state index contributed by atoms with van der Waals surface area (Å²) in [6.07, 6.45) is 1.67. The number of nitrogens with one attached hydrogen (secondary N) is 1. The second-order valence-electron chi connectivity index (χ2n) is 6.97. The number of nitrogens with zero attached hydrogens (tertiary/aromatic N) is 2. The summed E-state index contributed by atoms with van der Waals surface area (Å²) >= 11 is 0.